The van der Waals surface area contributed by atoms with Gasteiger partial charge in [0.1, 0.15) is 27.9 Å². The molecule has 0 aliphatic rings. The molecular weight excluding hydrogens is 897 g/mol. The maximum Gasteiger partial charge on any atom is 0.295 e. The monoisotopic (exact) mass is 942 g/mol. The van der Waals surface area contributed by atoms with Gasteiger partial charge in [-0.25, -0.2) is 5.26 Å². The van der Waals surface area contributed by atoms with Crippen LogP contribution in [0.3, 0.4) is 0 Å². The van der Waals surface area contributed by atoms with Crippen molar-refractivity contribution in [2.45, 2.75) is 49.3 Å². The van der Waals surface area contributed by atoms with Crippen molar-refractivity contribution >= 4 is 33.7 Å². The maximum atomic E-state index is 13.5. The summed E-state index contributed by atoms with van der Waals surface area (Å²) in [6.07, 6.45) is 0.333. The number of carbonyl (C=O) groups is 2. The molecule has 8 rings (SSSR count). The largest absolute Gasteiger partial charge is 0.457 e. The van der Waals surface area contributed by atoms with E-state index in [0.717, 1.165) is 27.8 Å². The van der Waals surface area contributed by atoms with Gasteiger partial charge in [-0.2, -0.15) is 8.42 Å². The molecule has 8 aromatic carbocycles. The molecule has 0 radical (unpaired) electrons. The molecule has 12 heteroatoms. The van der Waals surface area contributed by atoms with E-state index in [-0.39, 0.29) is 27.4 Å². The highest BCUT2D eigenvalue weighted by Gasteiger charge is 2.24. The third-order valence-electron chi connectivity index (χ3n) is 11.7. The second-order valence-electron chi connectivity index (χ2n) is 16.9. The van der Waals surface area contributed by atoms with Crippen molar-refractivity contribution in [2.75, 3.05) is 0 Å². The smallest absolute Gasteiger partial charge is 0.295 e. The van der Waals surface area contributed by atoms with Gasteiger partial charge in [0, 0.05) is 38.1 Å². The van der Waals surface area contributed by atoms with Crippen LogP contribution in [0.2, 0.25) is 0 Å². The Labute approximate surface area is 399 Å². The number of rotatable bonds is 17. The Morgan fingerprint density at radius 3 is 1.37 bits per heavy atom. The van der Waals surface area contributed by atoms with Gasteiger partial charge >= 0.3 is 0 Å². The zero-order chi connectivity index (χ0) is 48.0. The number of hydrogen-bond donors (Lipinski definition) is 2. The predicted molar refractivity (Wildman–Crippen MR) is 262 cm³/mol. The summed E-state index contributed by atoms with van der Waals surface area (Å²) in [5, 5.41) is 12.4. The maximum absolute atomic E-state index is 13.5. The third kappa shape index (κ3) is 11.2. The Kier molecular flexibility index (Phi) is 14.2. The molecular formula is C56H46O10S2. The number of ether oxygens (including phenoxy) is 2. The number of benzene rings is 8. The average Bonchev–Trinajstić information content (AvgIpc) is 3.34. The van der Waals surface area contributed by atoms with Gasteiger partial charge in [-0.15, -0.1) is 4.33 Å². The van der Waals surface area contributed by atoms with E-state index in [4.69, 9.17) is 14.7 Å². The van der Waals surface area contributed by atoms with E-state index < -0.39 is 10.1 Å². The second kappa shape index (κ2) is 20.4. The van der Waals surface area contributed by atoms with E-state index in [1.807, 2.05) is 74.5 Å². The highest BCUT2D eigenvalue weighted by Crippen LogP contribution is 2.38. The topological polar surface area (TPSA) is 146 Å². The molecule has 0 atom stereocenters. The van der Waals surface area contributed by atoms with Gasteiger partial charge < -0.3 is 9.47 Å². The Balaban J connectivity index is 0.861. The molecule has 0 saturated heterocycles. The fraction of sp³-hybridized carbons (Fsp3) is 0.107. The van der Waals surface area contributed by atoms with Crippen molar-refractivity contribution in [3.05, 3.63) is 238 Å². The molecule has 68 heavy (non-hydrogen) atoms. The summed E-state index contributed by atoms with van der Waals surface area (Å²) in [5.74, 6) is 2.34. The summed E-state index contributed by atoms with van der Waals surface area (Å²) in [7, 11) is -4.64. The minimum atomic E-state index is -4.64. The molecule has 0 unspecified atom stereocenters. The van der Waals surface area contributed by atoms with Crippen LogP contribution >= 0.6 is 12.0 Å². The molecule has 8 aromatic rings. The lowest BCUT2D eigenvalue weighted by Crippen LogP contribution is -2.18. The number of ketones is 2. The lowest BCUT2D eigenvalue weighted by Gasteiger charge is -2.26. The van der Waals surface area contributed by atoms with E-state index in [1.54, 1.807) is 103 Å². The molecule has 0 saturated carbocycles. The minimum Gasteiger partial charge on any atom is -0.457 e. The van der Waals surface area contributed by atoms with Gasteiger partial charge in [0.2, 0.25) is 0 Å². The first-order chi connectivity index (χ1) is 32.6. The molecule has 2 N–H and O–H groups in total. The van der Waals surface area contributed by atoms with Crippen LogP contribution in [0.25, 0.3) is 11.1 Å². The first kappa shape index (κ1) is 47.3. The zero-order valence-electron chi connectivity index (χ0n) is 37.5. The molecule has 10 nitrogen and oxygen atoms in total. The van der Waals surface area contributed by atoms with E-state index >= 15 is 0 Å². The molecule has 0 amide bonds. The Hall–Kier alpha value is -7.16. The summed E-state index contributed by atoms with van der Waals surface area (Å²) in [6, 6.07) is 54.6. The Morgan fingerprint density at radius 2 is 0.912 bits per heavy atom. The summed E-state index contributed by atoms with van der Waals surface area (Å²) >= 11 is 0.696. The van der Waals surface area contributed by atoms with Gasteiger partial charge in [0.05, 0.1) is 12.0 Å². The van der Waals surface area contributed by atoms with E-state index in [1.165, 1.54) is 6.07 Å². The van der Waals surface area contributed by atoms with Gasteiger partial charge in [-0.3, -0.25) is 14.1 Å². The van der Waals surface area contributed by atoms with Crippen molar-refractivity contribution < 1.29 is 46.7 Å². The number of hydrogen-bond acceptors (Lipinski definition) is 10. The summed E-state index contributed by atoms with van der Waals surface area (Å²) in [5.41, 5.74) is 8.19. The first-order valence-electron chi connectivity index (χ1n) is 21.5. The van der Waals surface area contributed by atoms with Gasteiger partial charge in [0.25, 0.3) is 10.1 Å². The average molecular weight is 943 g/mol. The SMILES string of the molecule is Cc1ccc(C(=O)c2ccc(Oc3ccc(C(C)(C)c4ccc(Oc5ccc(C(=O)c6ccc(Cc7ccc(-c8ccc(C)cc8SOOO)c(S(=O)(=O)O)c7)cc6)cc5)cc4)cc3)cc2)cc1. The highest BCUT2D eigenvalue weighted by molar-refractivity contribution is 7.94. The molecule has 342 valence electrons. The fourth-order valence-electron chi connectivity index (χ4n) is 7.80. The minimum absolute atomic E-state index is 0.0336. The van der Waals surface area contributed by atoms with Gasteiger partial charge in [0.15, 0.2) is 11.6 Å². The zero-order valence-corrected chi connectivity index (χ0v) is 39.1. The highest BCUT2D eigenvalue weighted by atomic mass is 32.2. The van der Waals surface area contributed by atoms with Crippen LogP contribution in [0.5, 0.6) is 23.0 Å². The van der Waals surface area contributed by atoms with Crippen LogP contribution in [0.1, 0.15) is 79.1 Å². The second-order valence-corrected chi connectivity index (χ2v) is 19.0. The molecule has 0 bridgehead atoms. The van der Waals surface area contributed by atoms with Crippen LogP contribution in [0.15, 0.2) is 192 Å². The van der Waals surface area contributed by atoms with Crippen LogP contribution < -0.4 is 9.47 Å². The molecule has 0 heterocycles. The summed E-state index contributed by atoms with van der Waals surface area (Å²) in [4.78, 5) is 26.5. The third-order valence-corrected chi connectivity index (χ3v) is 13.2. The Morgan fingerprint density at radius 1 is 0.515 bits per heavy atom. The first-order valence-corrected chi connectivity index (χ1v) is 23.7. The van der Waals surface area contributed by atoms with Crippen molar-refractivity contribution in [3.63, 3.8) is 0 Å². The van der Waals surface area contributed by atoms with Crippen molar-refractivity contribution in [1.82, 2.24) is 0 Å². The summed E-state index contributed by atoms with van der Waals surface area (Å²) in [6.45, 7) is 8.15. The van der Waals surface area contributed by atoms with Crippen molar-refractivity contribution in [1.29, 1.82) is 0 Å². The lowest BCUT2D eigenvalue weighted by atomic mass is 9.78. The lowest BCUT2D eigenvalue weighted by molar-refractivity contribution is -0.432. The molecule has 0 aliphatic carbocycles. The normalized spacial score (nSPS) is 11.6. The van der Waals surface area contributed by atoms with Gasteiger partial charge in [-0.1, -0.05) is 122 Å². The molecule has 0 spiro atoms. The number of aryl methyl sites for hydroxylation is 2. The van der Waals surface area contributed by atoms with Crippen molar-refractivity contribution in [3.8, 4) is 34.1 Å². The van der Waals surface area contributed by atoms with Crippen LogP contribution in [-0.2, 0) is 31.3 Å². The number of carbonyl (C=O) groups excluding carboxylic acids is 2. The molecule has 0 aromatic heterocycles. The van der Waals surface area contributed by atoms with Crippen LogP contribution in [0.4, 0.5) is 0 Å². The summed E-state index contributed by atoms with van der Waals surface area (Å²) < 4.78 is 52.2. The van der Waals surface area contributed by atoms with Crippen molar-refractivity contribution in [2.24, 2.45) is 0 Å². The van der Waals surface area contributed by atoms with E-state index in [9.17, 15) is 22.6 Å². The molecule has 0 fully saturated rings. The van der Waals surface area contributed by atoms with Gasteiger partial charge in [-0.05, 0) is 139 Å². The van der Waals surface area contributed by atoms with Crippen LogP contribution in [0, 0.1) is 13.8 Å². The van der Waals surface area contributed by atoms with Crippen LogP contribution in [-0.4, -0.2) is 29.8 Å². The Bertz CT molecular complexity index is 3180. The van der Waals surface area contributed by atoms with E-state index in [2.05, 4.69) is 35.4 Å². The fourth-order valence-corrected chi connectivity index (χ4v) is 9.16. The molecule has 0 aliphatic heterocycles. The van der Waals surface area contributed by atoms with E-state index in [0.29, 0.717) is 79.7 Å². The quantitative estimate of drug-likeness (QED) is 0.0296. The predicted octanol–water partition coefficient (Wildman–Crippen LogP) is 13.6. The standard InChI is InChI=1S/C56H46O10S2/c1-36-5-11-40(12-6-36)54(57)42-15-23-46(24-16-42)63-48-27-19-44(20-28-48)56(3,4)45-21-29-49(30-22-45)64-47-25-17-43(18-26-47)55(58)41-13-8-38(9-14-41)34-39-10-32-51(53(35-39)68(60,61)62)50-31-7-37(2)33-52(50)67-66-65-59/h5-33,35,59H,34H2,1-4H3,(H,60,61,62).